The summed E-state index contributed by atoms with van der Waals surface area (Å²) < 4.78 is 36.4. The molecule has 0 spiro atoms. The minimum atomic E-state index is -2.82. The van der Waals surface area contributed by atoms with Gasteiger partial charge in [-0.05, 0) is 35.4 Å². The molecular weight excluding hydrogens is 442 g/mol. The number of rotatable bonds is 7. The van der Waals surface area contributed by atoms with Crippen molar-refractivity contribution < 1.29 is 13.5 Å². The molecule has 2 atom stereocenters. The zero-order valence-electron chi connectivity index (χ0n) is 20.5. The van der Waals surface area contributed by atoms with Crippen molar-refractivity contribution in [3.8, 4) is 0 Å². The van der Waals surface area contributed by atoms with Gasteiger partial charge in [0.25, 0.3) is 5.92 Å². The second-order valence-corrected chi connectivity index (χ2v) is 15.6. The van der Waals surface area contributed by atoms with Gasteiger partial charge in [-0.25, -0.2) is 8.78 Å². The van der Waals surface area contributed by atoms with Crippen molar-refractivity contribution in [2.45, 2.75) is 50.6 Å². The first-order valence-corrected chi connectivity index (χ1v) is 14.6. The van der Waals surface area contributed by atoms with Crippen LogP contribution in [0, 0.1) is 11.8 Å². The van der Waals surface area contributed by atoms with Crippen LogP contribution in [-0.4, -0.2) is 27.2 Å². The molecule has 1 aliphatic rings. The molecule has 0 aromatic heterocycles. The van der Waals surface area contributed by atoms with Gasteiger partial charge in [-0.2, -0.15) is 0 Å². The van der Waals surface area contributed by atoms with Crippen LogP contribution >= 0.6 is 0 Å². The number of aryl methyl sites for hydroxylation is 1. The second-order valence-electron chi connectivity index (χ2n) is 10.8. The molecule has 180 valence electrons. The summed E-state index contributed by atoms with van der Waals surface area (Å²) in [6, 6.07) is 32.0. The summed E-state index contributed by atoms with van der Waals surface area (Å²) in [5, 5.41) is 2.56. The Morgan fingerprint density at radius 1 is 0.824 bits per heavy atom. The van der Waals surface area contributed by atoms with E-state index in [-0.39, 0.29) is 11.0 Å². The molecule has 0 N–H and O–H groups in total. The maximum absolute atomic E-state index is 15.4. The van der Waals surface area contributed by atoms with Crippen LogP contribution < -0.4 is 10.4 Å². The molecule has 4 rings (SSSR count). The Balaban J connectivity index is 1.76. The first-order chi connectivity index (χ1) is 16.2. The highest BCUT2D eigenvalue weighted by atomic mass is 28.3. The standard InChI is InChI=1S/C30H36F2OSi/c1-29(2,3)34(26-15-9-5-10-16-26,27-17-11-6-12-18-27)22-25-21-33-23-30(31,32)28(25)20-19-24-13-7-4-8-14-24/h4-18,25,28H,19-23H2,1-3H3/t25-,28-/m1/s1. The highest BCUT2D eigenvalue weighted by Crippen LogP contribution is 2.47. The fourth-order valence-electron chi connectivity index (χ4n) is 5.94. The summed E-state index contributed by atoms with van der Waals surface area (Å²) in [6.07, 6.45) is 1.14. The van der Waals surface area contributed by atoms with Gasteiger partial charge in [0.05, 0.1) is 0 Å². The molecule has 34 heavy (non-hydrogen) atoms. The maximum atomic E-state index is 15.4. The number of alkyl halides is 2. The first kappa shape index (κ1) is 24.8. The fraction of sp³-hybridized carbons (Fsp3) is 0.400. The van der Waals surface area contributed by atoms with Crippen LogP contribution in [0.4, 0.5) is 8.78 Å². The third-order valence-electron chi connectivity index (χ3n) is 7.71. The summed E-state index contributed by atoms with van der Waals surface area (Å²) in [7, 11) is -2.46. The average molecular weight is 479 g/mol. The lowest BCUT2D eigenvalue weighted by molar-refractivity contribution is -0.178. The topological polar surface area (TPSA) is 9.23 Å². The quantitative estimate of drug-likeness (QED) is 0.349. The van der Waals surface area contributed by atoms with Crippen LogP contribution in [0.2, 0.25) is 11.1 Å². The predicted molar refractivity (Wildman–Crippen MR) is 140 cm³/mol. The van der Waals surface area contributed by atoms with Crippen LogP contribution in [0.1, 0.15) is 32.8 Å². The highest BCUT2D eigenvalue weighted by molar-refractivity contribution is 7.04. The largest absolute Gasteiger partial charge is 0.375 e. The van der Waals surface area contributed by atoms with E-state index in [1.54, 1.807) is 0 Å². The van der Waals surface area contributed by atoms with E-state index in [2.05, 4.69) is 69.3 Å². The van der Waals surface area contributed by atoms with Crippen molar-refractivity contribution in [2.75, 3.05) is 13.2 Å². The van der Waals surface area contributed by atoms with Gasteiger partial charge >= 0.3 is 0 Å². The summed E-state index contributed by atoms with van der Waals surface area (Å²) >= 11 is 0. The fourth-order valence-corrected chi connectivity index (χ4v) is 11.8. The van der Waals surface area contributed by atoms with Crippen molar-refractivity contribution in [3.63, 3.8) is 0 Å². The van der Waals surface area contributed by atoms with Gasteiger partial charge in [-0.1, -0.05) is 122 Å². The molecule has 1 saturated heterocycles. The van der Waals surface area contributed by atoms with Gasteiger partial charge in [0, 0.05) is 12.5 Å². The maximum Gasteiger partial charge on any atom is 0.274 e. The van der Waals surface area contributed by atoms with Gasteiger partial charge in [0.1, 0.15) is 14.7 Å². The Kier molecular flexibility index (Phi) is 7.39. The molecule has 3 aromatic carbocycles. The third kappa shape index (κ3) is 5.03. The van der Waals surface area contributed by atoms with E-state index < -0.39 is 26.5 Å². The normalized spacial score (nSPS) is 20.7. The molecule has 1 nitrogen and oxygen atoms in total. The second kappa shape index (κ2) is 10.1. The van der Waals surface area contributed by atoms with Crippen LogP contribution in [-0.2, 0) is 11.2 Å². The molecule has 1 heterocycles. The van der Waals surface area contributed by atoms with Gasteiger partial charge in [0.15, 0.2) is 0 Å². The monoisotopic (exact) mass is 478 g/mol. The average Bonchev–Trinajstić information content (AvgIpc) is 2.82. The van der Waals surface area contributed by atoms with Gasteiger partial charge in [0.2, 0.25) is 0 Å². The Morgan fingerprint density at radius 3 is 1.82 bits per heavy atom. The van der Waals surface area contributed by atoms with E-state index in [0.717, 1.165) is 11.6 Å². The summed E-state index contributed by atoms with van der Waals surface area (Å²) in [5.74, 6) is -3.70. The Bertz CT molecular complexity index is 992. The summed E-state index contributed by atoms with van der Waals surface area (Å²) in [4.78, 5) is 0. The van der Waals surface area contributed by atoms with E-state index in [4.69, 9.17) is 4.74 Å². The zero-order valence-corrected chi connectivity index (χ0v) is 21.5. The van der Waals surface area contributed by atoms with Crippen molar-refractivity contribution in [1.82, 2.24) is 0 Å². The highest BCUT2D eigenvalue weighted by Gasteiger charge is 2.54. The number of hydrogen-bond acceptors (Lipinski definition) is 1. The molecule has 1 aliphatic heterocycles. The van der Waals surface area contributed by atoms with E-state index in [0.29, 0.717) is 19.4 Å². The lowest BCUT2D eigenvalue weighted by Crippen LogP contribution is -2.66. The minimum Gasteiger partial charge on any atom is -0.375 e. The SMILES string of the molecule is CC(C)(C)[Si](C[C@H]1COCC(F)(F)[C@@H]1CCc1ccccc1)(c1ccccc1)c1ccccc1. The summed E-state index contributed by atoms with van der Waals surface area (Å²) in [6.45, 7) is 6.81. The zero-order chi connectivity index (χ0) is 24.2. The van der Waals surface area contributed by atoms with Gasteiger partial charge in [-0.3, -0.25) is 0 Å². The van der Waals surface area contributed by atoms with Crippen molar-refractivity contribution in [1.29, 1.82) is 0 Å². The van der Waals surface area contributed by atoms with Crippen molar-refractivity contribution >= 4 is 18.4 Å². The van der Waals surface area contributed by atoms with Crippen molar-refractivity contribution in [3.05, 3.63) is 96.6 Å². The molecule has 4 heteroatoms. The predicted octanol–water partition coefficient (Wildman–Crippen LogP) is 6.58. The van der Waals surface area contributed by atoms with Gasteiger partial charge in [-0.15, -0.1) is 0 Å². The molecule has 0 aliphatic carbocycles. The molecule has 0 unspecified atom stereocenters. The molecule has 0 radical (unpaired) electrons. The van der Waals surface area contributed by atoms with E-state index in [9.17, 15) is 0 Å². The smallest absolute Gasteiger partial charge is 0.274 e. The Morgan fingerprint density at radius 2 is 1.32 bits per heavy atom. The minimum absolute atomic E-state index is 0.0631. The van der Waals surface area contributed by atoms with Crippen LogP contribution in [0.25, 0.3) is 0 Å². The number of halogens is 2. The molecular formula is C30H36F2OSi. The van der Waals surface area contributed by atoms with E-state index >= 15 is 8.78 Å². The van der Waals surface area contributed by atoms with E-state index in [1.807, 2.05) is 42.5 Å². The third-order valence-corrected chi connectivity index (χ3v) is 14.0. The molecule has 3 aromatic rings. The number of ether oxygens (including phenoxy) is 1. The van der Waals surface area contributed by atoms with Crippen LogP contribution in [0.3, 0.4) is 0 Å². The Labute approximate surface area is 204 Å². The molecule has 0 amide bonds. The van der Waals surface area contributed by atoms with Gasteiger partial charge < -0.3 is 4.74 Å². The van der Waals surface area contributed by atoms with Crippen LogP contribution in [0.15, 0.2) is 91.0 Å². The number of hydrogen-bond donors (Lipinski definition) is 0. The van der Waals surface area contributed by atoms with Crippen molar-refractivity contribution in [2.24, 2.45) is 11.8 Å². The van der Waals surface area contributed by atoms with E-state index in [1.165, 1.54) is 10.4 Å². The lowest BCUT2D eigenvalue weighted by Gasteiger charge is -2.49. The molecule has 0 saturated carbocycles. The summed E-state index contributed by atoms with van der Waals surface area (Å²) in [5.41, 5.74) is 1.12. The molecule has 0 bridgehead atoms. The van der Waals surface area contributed by atoms with Crippen LogP contribution in [0.5, 0.6) is 0 Å². The molecule has 1 fully saturated rings. The first-order valence-electron chi connectivity index (χ1n) is 12.3. The Hall–Kier alpha value is -2.30. The number of benzene rings is 3. The lowest BCUT2D eigenvalue weighted by atomic mass is 9.82.